The van der Waals surface area contributed by atoms with Crippen LogP contribution < -0.4 is 11.1 Å². The van der Waals surface area contributed by atoms with Crippen molar-refractivity contribution in [2.24, 2.45) is 5.92 Å². The molecule has 0 radical (unpaired) electrons. The minimum atomic E-state index is -0.183. The topological polar surface area (TPSA) is 88.3 Å². The minimum Gasteiger partial charge on any atom is -0.375 e. The first-order valence-corrected chi connectivity index (χ1v) is 12.4. The Balaban J connectivity index is 1.39. The van der Waals surface area contributed by atoms with Crippen LogP contribution in [0.15, 0.2) is 60.0 Å². The summed E-state index contributed by atoms with van der Waals surface area (Å²) in [5.74, 6) is 0.285. The van der Waals surface area contributed by atoms with Gasteiger partial charge in [-0.15, -0.1) is 11.3 Å². The summed E-state index contributed by atoms with van der Waals surface area (Å²) in [5.41, 5.74) is 9.14. The Kier molecular flexibility index (Phi) is 7.73. The zero-order valence-electron chi connectivity index (χ0n) is 18.7. The first kappa shape index (κ1) is 23.0. The molecule has 0 aliphatic heterocycles. The number of nitrogen functional groups attached to an aromatic ring is 1. The average molecular weight is 463 g/mol. The molecule has 33 heavy (non-hydrogen) atoms. The Morgan fingerprint density at radius 3 is 2.42 bits per heavy atom. The molecule has 2 aromatic carbocycles. The predicted octanol–water partition coefficient (Wildman–Crippen LogP) is 4.98. The maximum absolute atomic E-state index is 13.1. The molecule has 6 nitrogen and oxygen atoms in total. The third kappa shape index (κ3) is 6.65. The summed E-state index contributed by atoms with van der Waals surface area (Å²) in [4.78, 5) is 32.0. The van der Waals surface area contributed by atoms with Crippen molar-refractivity contribution >= 4 is 34.0 Å². The fourth-order valence-corrected chi connectivity index (χ4v) is 4.91. The van der Waals surface area contributed by atoms with Crippen LogP contribution in [0.25, 0.3) is 11.3 Å². The monoisotopic (exact) mass is 462 g/mol. The third-order valence-electron chi connectivity index (χ3n) is 6.08. The summed E-state index contributed by atoms with van der Waals surface area (Å²) < 4.78 is 0. The van der Waals surface area contributed by atoms with Gasteiger partial charge in [-0.3, -0.25) is 9.59 Å². The van der Waals surface area contributed by atoms with E-state index in [9.17, 15) is 9.59 Å². The molecule has 1 saturated carbocycles. The number of carbonyl (C=O) groups excluding carboxylic acids is 2. The van der Waals surface area contributed by atoms with E-state index in [0.717, 1.165) is 29.7 Å². The maximum Gasteiger partial charge on any atom is 0.243 e. The Bertz CT molecular complexity index is 1060. The molecule has 1 fully saturated rings. The van der Waals surface area contributed by atoms with E-state index in [-0.39, 0.29) is 18.4 Å². The van der Waals surface area contributed by atoms with Crippen LogP contribution in [0.5, 0.6) is 0 Å². The number of nitrogens with one attached hydrogen (secondary N) is 1. The molecule has 2 amide bonds. The van der Waals surface area contributed by atoms with Gasteiger partial charge in [-0.05, 0) is 36.5 Å². The van der Waals surface area contributed by atoms with Crippen LogP contribution in [-0.4, -0.2) is 34.8 Å². The van der Waals surface area contributed by atoms with E-state index >= 15 is 0 Å². The third-order valence-corrected chi connectivity index (χ3v) is 6.75. The van der Waals surface area contributed by atoms with Crippen LogP contribution in [0, 0.1) is 5.92 Å². The molecular formula is C26H30N4O2S. The van der Waals surface area contributed by atoms with Gasteiger partial charge in [0.05, 0.1) is 18.7 Å². The van der Waals surface area contributed by atoms with Gasteiger partial charge >= 0.3 is 0 Å². The molecule has 1 heterocycles. The van der Waals surface area contributed by atoms with Gasteiger partial charge in [0.25, 0.3) is 0 Å². The number of thiazole rings is 1. The Morgan fingerprint density at radius 2 is 1.76 bits per heavy atom. The fraction of sp³-hybridized carbons (Fsp3) is 0.346. The molecule has 1 aliphatic carbocycles. The number of hydrogen-bond donors (Lipinski definition) is 2. The summed E-state index contributed by atoms with van der Waals surface area (Å²) in [6, 6.07) is 17.2. The largest absolute Gasteiger partial charge is 0.375 e. The molecule has 1 aliphatic rings. The Labute approximate surface area is 198 Å². The summed E-state index contributed by atoms with van der Waals surface area (Å²) in [5, 5.41) is 5.37. The predicted molar refractivity (Wildman–Crippen MR) is 134 cm³/mol. The second-order valence-electron chi connectivity index (χ2n) is 8.64. The standard InChI is InChI=1S/C26H30N4O2S/c27-26-29-23(18-33-26)21-11-13-22(14-12-21)28-24(31)17-30(16-20-9-5-2-6-10-20)25(32)15-19-7-3-1-4-8-19/h1,3-4,7-8,11-14,18,20H,2,5-6,9-10,15-17H2,(H2,27,29)(H,28,31). The molecule has 0 bridgehead atoms. The lowest BCUT2D eigenvalue weighted by Crippen LogP contribution is -2.42. The lowest BCUT2D eigenvalue weighted by molar-refractivity contribution is -0.134. The van der Waals surface area contributed by atoms with Gasteiger partial charge in [0.15, 0.2) is 5.13 Å². The van der Waals surface area contributed by atoms with Gasteiger partial charge in [0.1, 0.15) is 0 Å². The van der Waals surface area contributed by atoms with E-state index < -0.39 is 0 Å². The molecule has 0 spiro atoms. The highest BCUT2D eigenvalue weighted by molar-refractivity contribution is 7.13. The number of benzene rings is 2. The van der Waals surface area contributed by atoms with Crippen LogP contribution >= 0.6 is 11.3 Å². The van der Waals surface area contributed by atoms with Crippen LogP contribution in [-0.2, 0) is 16.0 Å². The van der Waals surface area contributed by atoms with Crippen molar-refractivity contribution < 1.29 is 9.59 Å². The van der Waals surface area contributed by atoms with Crippen molar-refractivity contribution in [2.75, 3.05) is 24.1 Å². The molecule has 0 saturated heterocycles. The van der Waals surface area contributed by atoms with Crippen LogP contribution in [0.2, 0.25) is 0 Å². The van der Waals surface area contributed by atoms with E-state index in [1.165, 1.54) is 30.6 Å². The van der Waals surface area contributed by atoms with Gasteiger partial charge in [-0.1, -0.05) is 61.7 Å². The van der Waals surface area contributed by atoms with Crippen molar-refractivity contribution in [1.29, 1.82) is 0 Å². The molecule has 7 heteroatoms. The number of aromatic nitrogens is 1. The first-order valence-electron chi connectivity index (χ1n) is 11.5. The highest BCUT2D eigenvalue weighted by Crippen LogP contribution is 2.26. The summed E-state index contributed by atoms with van der Waals surface area (Å²) in [6.07, 6.45) is 6.23. The molecule has 0 atom stereocenters. The van der Waals surface area contributed by atoms with Gasteiger partial charge in [0, 0.05) is 23.2 Å². The minimum absolute atomic E-state index is 0.00149. The first-order chi connectivity index (χ1) is 16.1. The summed E-state index contributed by atoms with van der Waals surface area (Å²) in [7, 11) is 0. The highest BCUT2D eigenvalue weighted by atomic mass is 32.1. The van der Waals surface area contributed by atoms with Gasteiger partial charge in [-0.25, -0.2) is 4.98 Å². The molecule has 3 aromatic rings. The van der Waals surface area contributed by atoms with Crippen LogP contribution in [0.3, 0.4) is 0 Å². The van der Waals surface area contributed by atoms with Crippen molar-refractivity contribution in [2.45, 2.75) is 38.5 Å². The normalized spacial score (nSPS) is 14.1. The van der Waals surface area contributed by atoms with E-state index in [4.69, 9.17) is 5.73 Å². The van der Waals surface area contributed by atoms with Gasteiger partial charge in [0.2, 0.25) is 11.8 Å². The van der Waals surface area contributed by atoms with E-state index in [1.807, 2.05) is 60.0 Å². The SMILES string of the molecule is Nc1nc(-c2ccc(NC(=O)CN(CC3CCCCC3)C(=O)Cc3ccccc3)cc2)cs1. The lowest BCUT2D eigenvalue weighted by atomic mass is 9.89. The van der Waals surface area contributed by atoms with Crippen molar-refractivity contribution in [1.82, 2.24) is 9.88 Å². The molecule has 3 N–H and O–H groups in total. The second-order valence-corrected chi connectivity index (χ2v) is 9.53. The number of nitrogens with two attached hydrogens (primary N) is 1. The fourth-order valence-electron chi connectivity index (χ4n) is 4.34. The van der Waals surface area contributed by atoms with Crippen molar-refractivity contribution in [3.8, 4) is 11.3 Å². The number of hydrogen-bond acceptors (Lipinski definition) is 5. The van der Waals surface area contributed by atoms with Crippen molar-refractivity contribution in [3.63, 3.8) is 0 Å². The highest BCUT2D eigenvalue weighted by Gasteiger charge is 2.23. The van der Waals surface area contributed by atoms with Gasteiger partial charge in [-0.2, -0.15) is 0 Å². The quantitative estimate of drug-likeness (QED) is 0.494. The van der Waals surface area contributed by atoms with Crippen LogP contribution in [0.1, 0.15) is 37.7 Å². The molecule has 0 unspecified atom stereocenters. The lowest BCUT2D eigenvalue weighted by Gasteiger charge is -2.29. The number of anilines is 2. The smallest absolute Gasteiger partial charge is 0.243 e. The zero-order chi connectivity index (χ0) is 23.0. The number of nitrogens with zero attached hydrogens (tertiary/aromatic N) is 2. The molecule has 172 valence electrons. The number of amides is 2. The van der Waals surface area contributed by atoms with Crippen LogP contribution in [0.4, 0.5) is 10.8 Å². The zero-order valence-corrected chi connectivity index (χ0v) is 19.5. The van der Waals surface area contributed by atoms with Gasteiger partial charge < -0.3 is 16.0 Å². The number of rotatable bonds is 8. The summed E-state index contributed by atoms with van der Waals surface area (Å²) in [6.45, 7) is 0.704. The Hall–Kier alpha value is -3.19. The average Bonchev–Trinajstić information content (AvgIpc) is 3.26. The summed E-state index contributed by atoms with van der Waals surface area (Å²) >= 11 is 1.40. The Morgan fingerprint density at radius 1 is 1.03 bits per heavy atom. The van der Waals surface area contributed by atoms with E-state index in [2.05, 4.69) is 10.3 Å². The van der Waals surface area contributed by atoms with E-state index in [1.54, 1.807) is 4.90 Å². The molecular weight excluding hydrogens is 432 g/mol. The molecule has 1 aromatic heterocycles. The van der Waals surface area contributed by atoms with E-state index in [0.29, 0.717) is 29.7 Å². The van der Waals surface area contributed by atoms with Crippen molar-refractivity contribution in [3.05, 3.63) is 65.5 Å². The molecule has 4 rings (SSSR count). The second kappa shape index (κ2) is 11.1. The number of carbonyl (C=O) groups is 2. The maximum atomic E-state index is 13.1.